The lowest BCUT2D eigenvalue weighted by Gasteiger charge is -2.11. The highest BCUT2D eigenvalue weighted by atomic mass is 16.2. The number of amides is 1. The molecular weight excluding hydrogens is 284 g/mol. The summed E-state index contributed by atoms with van der Waals surface area (Å²) in [5, 5.41) is 4.35. The molecule has 0 aliphatic rings. The number of hydrogen-bond acceptors (Lipinski definition) is 2. The molecule has 0 unspecified atom stereocenters. The van der Waals surface area contributed by atoms with E-state index in [1.165, 1.54) is 11.1 Å². The van der Waals surface area contributed by atoms with Gasteiger partial charge in [0.2, 0.25) is 5.91 Å². The van der Waals surface area contributed by atoms with E-state index >= 15 is 0 Å². The molecule has 2 aromatic rings. The van der Waals surface area contributed by atoms with E-state index < -0.39 is 0 Å². The predicted molar refractivity (Wildman–Crippen MR) is 95.6 cm³/mol. The maximum atomic E-state index is 12.1. The number of carbonyl (C=O) groups is 1. The number of carbonyl (C=O) groups excluding carboxylic acids is 1. The molecule has 0 aliphatic carbocycles. The Kier molecular flexibility index (Phi) is 5.69. The molecule has 1 amide bonds. The van der Waals surface area contributed by atoms with Gasteiger partial charge in [-0.3, -0.25) is 4.79 Å². The minimum Gasteiger partial charge on any atom is -0.273 e. The van der Waals surface area contributed by atoms with Crippen LogP contribution in [0.1, 0.15) is 36.1 Å². The van der Waals surface area contributed by atoms with Gasteiger partial charge in [-0.15, -0.1) is 0 Å². The van der Waals surface area contributed by atoms with Gasteiger partial charge >= 0.3 is 0 Å². The molecule has 0 radical (unpaired) electrons. The molecule has 3 heteroatoms. The first-order valence-corrected chi connectivity index (χ1v) is 7.95. The van der Waals surface area contributed by atoms with Crippen LogP contribution in [0, 0.1) is 19.8 Å². The van der Waals surface area contributed by atoms with Crippen molar-refractivity contribution in [3.8, 4) is 0 Å². The van der Waals surface area contributed by atoms with Gasteiger partial charge in [0.1, 0.15) is 0 Å². The predicted octanol–water partition coefficient (Wildman–Crippen LogP) is 4.02. The van der Waals surface area contributed by atoms with Crippen molar-refractivity contribution in [2.75, 3.05) is 0 Å². The smallest absolute Gasteiger partial charge is 0.244 e. The molecule has 0 fully saturated rings. The van der Waals surface area contributed by atoms with E-state index in [1.54, 1.807) is 0 Å². The lowest BCUT2D eigenvalue weighted by Crippen LogP contribution is -2.23. The summed E-state index contributed by atoms with van der Waals surface area (Å²) in [6.45, 7) is 8.27. The summed E-state index contributed by atoms with van der Waals surface area (Å²) >= 11 is 0. The van der Waals surface area contributed by atoms with Crippen LogP contribution < -0.4 is 5.43 Å². The molecule has 0 saturated carbocycles. The largest absolute Gasteiger partial charge is 0.273 e. The Morgan fingerprint density at radius 1 is 1.04 bits per heavy atom. The van der Waals surface area contributed by atoms with Gasteiger partial charge in [-0.1, -0.05) is 62.4 Å². The third-order valence-electron chi connectivity index (χ3n) is 3.85. The summed E-state index contributed by atoms with van der Waals surface area (Å²) in [6.07, 6.45) is 0.338. The van der Waals surface area contributed by atoms with Gasteiger partial charge in [-0.25, -0.2) is 5.43 Å². The highest BCUT2D eigenvalue weighted by Crippen LogP contribution is 2.11. The lowest BCUT2D eigenvalue weighted by atomic mass is 10.0. The van der Waals surface area contributed by atoms with E-state index in [4.69, 9.17) is 0 Å². The summed E-state index contributed by atoms with van der Waals surface area (Å²) in [6, 6.07) is 16.0. The van der Waals surface area contributed by atoms with E-state index in [2.05, 4.69) is 44.3 Å². The Morgan fingerprint density at radius 2 is 1.74 bits per heavy atom. The maximum Gasteiger partial charge on any atom is 0.244 e. The van der Waals surface area contributed by atoms with Crippen molar-refractivity contribution in [2.45, 2.75) is 34.1 Å². The first-order valence-electron chi connectivity index (χ1n) is 7.95. The molecule has 0 bridgehead atoms. The number of benzene rings is 2. The second-order valence-electron chi connectivity index (χ2n) is 6.15. The summed E-state index contributed by atoms with van der Waals surface area (Å²) in [5.41, 5.74) is 8.06. The molecule has 0 aliphatic heterocycles. The van der Waals surface area contributed by atoms with E-state index in [1.807, 2.05) is 42.5 Å². The SMILES string of the molecule is Cc1ccc(CC(=O)N/N=C(\c2ccccc2)C(C)C)cc1C. The fourth-order valence-electron chi connectivity index (χ4n) is 2.40. The first-order chi connectivity index (χ1) is 11.0. The normalized spacial score (nSPS) is 11.6. The third kappa shape index (κ3) is 4.78. The third-order valence-corrected chi connectivity index (χ3v) is 3.85. The molecule has 0 spiro atoms. The summed E-state index contributed by atoms with van der Waals surface area (Å²) in [5.74, 6) is 0.140. The molecule has 0 aromatic heterocycles. The molecule has 0 atom stereocenters. The van der Waals surface area contributed by atoms with Crippen LogP contribution in [0.2, 0.25) is 0 Å². The van der Waals surface area contributed by atoms with Crippen LogP contribution in [-0.4, -0.2) is 11.6 Å². The monoisotopic (exact) mass is 308 g/mol. The Hall–Kier alpha value is -2.42. The Bertz CT molecular complexity index is 703. The second kappa shape index (κ2) is 7.73. The van der Waals surface area contributed by atoms with Gasteiger partial charge in [0.25, 0.3) is 0 Å². The van der Waals surface area contributed by atoms with Crippen LogP contribution in [0.25, 0.3) is 0 Å². The lowest BCUT2D eigenvalue weighted by molar-refractivity contribution is -0.120. The zero-order valence-electron chi connectivity index (χ0n) is 14.3. The molecular formula is C20H24N2O. The minimum atomic E-state index is -0.0951. The van der Waals surface area contributed by atoms with Crippen LogP contribution in [0.15, 0.2) is 53.6 Å². The number of aryl methyl sites for hydroxylation is 2. The zero-order chi connectivity index (χ0) is 16.8. The van der Waals surface area contributed by atoms with Gasteiger partial charge in [0.15, 0.2) is 0 Å². The fourth-order valence-corrected chi connectivity index (χ4v) is 2.40. The van der Waals surface area contributed by atoms with Crippen molar-refractivity contribution >= 4 is 11.6 Å². The molecule has 1 N–H and O–H groups in total. The van der Waals surface area contributed by atoms with E-state index in [9.17, 15) is 4.79 Å². The topological polar surface area (TPSA) is 41.5 Å². The number of nitrogens with zero attached hydrogens (tertiary/aromatic N) is 1. The van der Waals surface area contributed by atoms with Gasteiger partial charge in [-0.05, 0) is 42.0 Å². The van der Waals surface area contributed by atoms with Crippen molar-refractivity contribution in [1.82, 2.24) is 5.43 Å². The van der Waals surface area contributed by atoms with Gasteiger partial charge < -0.3 is 0 Å². The van der Waals surface area contributed by atoms with Crippen molar-refractivity contribution < 1.29 is 4.79 Å². The van der Waals surface area contributed by atoms with Crippen molar-refractivity contribution in [3.05, 3.63) is 70.8 Å². The van der Waals surface area contributed by atoms with Crippen LogP contribution in [-0.2, 0) is 11.2 Å². The average molecular weight is 308 g/mol. The first kappa shape index (κ1) is 16.9. The van der Waals surface area contributed by atoms with Crippen molar-refractivity contribution in [3.63, 3.8) is 0 Å². The van der Waals surface area contributed by atoms with E-state index in [-0.39, 0.29) is 11.8 Å². The average Bonchev–Trinajstić information content (AvgIpc) is 2.52. The summed E-state index contributed by atoms with van der Waals surface area (Å²) in [7, 11) is 0. The van der Waals surface area contributed by atoms with Crippen molar-refractivity contribution in [2.24, 2.45) is 11.0 Å². The van der Waals surface area contributed by atoms with Crippen LogP contribution >= 0.6 is 0 Å². The Labute approximate surface area is 138 Å². The number of rotatable bonds is 5. The highest BCUT2D eigenvalue weighted by Gasteiger charge is 2.10. The standard InChI is InChI=1S/C20H24N2O/c1-14(2)20(18-8-6-5-7-9-18)22-21-19(23)13-17-11-10-15(3)16(4)12-17/h5-12,14H,13H2,1-4H3,(H,21,23)/b22-20-. The van der Waals surface area contributed by atoms with Gasteiger partial charge in [-0.2, -0.15) is 5.10 Å². The molecule has 120 valence electrons. The molecule has 2 aromatic carbocycles. The van der Waals surface area contributed by atoms with Gasteiger partial charge in [0.05, 0.1) is 12.1 Å². The van der Waals surface area contributed by atoms with E-state index in [0.717, 1.165) is 16.8 Å². The Balaban J connectivity index is 2.07. The summed E-state index contributed by atoms with van der Waals surface area (Å²) in [4.78, 5) is 12.1. The van der Waals surface area contributed by atoms with E-state index in [0.29, 0.717) is 6.42 Å². The second-order valence-corrected chi connectivity index (χ2v) is 6.15. The molecule has 0 saturated heterocycles. The van der Waals surface area contributed by atoms with Crippen LogP contribution in [0.5, 0.6) is 0 Å². The molecule has 3 nitrogen and oxygen atoms in total. The minimum absolute atomic E-state index is 0.0951. The number of hydrogen-bond donors (Lipinski definition) is 1. The molecule has 2 rings (SSSR count). The van der Waals surface area contributed by atoms with Crippen LogP contribution in [0.4, 0.5) is 0 Å². The summed E-state index contributed by atoms with van der Waals surface area (Å²) < 4.78 is 0. The van der Waals surface area contributed by atoms with Crippen molar-refractivity contribution in [1.29, 1.82) is 0 Å². The number of hydrazone groups is 1. The molecule has 0 heterocycles. The Morgan fingerprint density at radius 3 is 2.35 bits per heavy atom. The van der Waals surface area contributed by atoms with Crippen LogP contribution in [0.3, 0.4) is 0 Å². The van der Waals surface area contributed by atoms with Gasteiger partial charge in [0, 0.05) is 0 Å². The maximum absolute atomic E-state index is 12.1. The molecule has 23 heavy (non-hydrogen) atoms. The zero-order valence-corrected chi connectivity index (χ0v) is 14.3. The quantitative estimate of drug-likeness (QED) is 0.658. The highest BCUT2D eigenvalue weighted by molar-refractivity contribution is 6.02. The fraction of sp³-hybridized carbons (Fsp3) is 0.300. The number of nitrogens with one attached hydrogen (secondary N) is 1.